The lowest BCUT2D eigenvalue weighted by molar-refractivity contribution is 0.101. The van der Waals surface area contributed by atoms with Crippen LogP contribution in [0.15, 0.2) is 48.9 Å². The number of hydrogen-bond donors (Lipinski definition) is 1. The van der Waals surface area contributed by atoms with Crippen LogP contribution in [-0.2, 0) is 13.3 Å². The molecule has 0 unspecified atom stereocenters. The molecule has 0 fully saturated rings. The van der Waals surface area contributed by atoms with E-state index in [1.54, 1.807) is 29.1 Å². The van der Waals surface area contributed by atoms with Crippen molar-refractivity contribution in [3.63, 3.8) is 0 Å². The minimum absolute atomic E-state index is 0.141. The molecule has 0 saturated heterocycles. The lowest BCUT2D eigenvalue weighted by Gasteiger charge is -2.10. The molecule has 4 rings (SSSR count). The number of amides is 1. The van der Waals surface area contributed by atoms with E-state index in [2.05, 4.69) is 20.5 Å². The summed E-state index contributed by atoms with van der Waals surface area (Å²) in [6.45, 7) is 4.35. The van der Waals surface area contributed by atoms with Crippen LogP contribution in [0.4, 0.5) is 5.95 Å². The largest absolute Gasteiger partial charge is 0.471 e. The van der Waals surface area contributed by atoms with Gasteiger partial charge in [-0.2, -0.15) is 5.10 Å². The van der Waals surface area contributed by atoms with E-state index in [-0.39, 0.29) is 18.4 Å². The summed E-state index contributed by atoms with van der Waals surface area (Å²) in [6, 6.07) is 10.5. The predicted molar refractivity (Wildman–Crippen MR) is 127 cm³/mol. The van der Waals surface area contributed by atoms with Gasteiger partial charge in [-0.15, -0.1) is 5.10 Å². The fourth-order valence-electron chi connectivity index (χ4n) is 3.10. The second-order valence-electron chi connectivity index (χ2n) is 7.34. The van der Waals surface area contributed by atoms with Gasteiger partial charge in [0.1, 0.15) is 12.1 Å². The van der Waals surface area contributed by atoms with Crippen molar-refractivity contribution in [2.45, 2.75) is 27.1 Å². The zero-order valence-corrected chi connectivity index (χ0v) is 20.0. The average molecular weight is 506 g/mol. The van der Waals surface area contributed by atoms with Crippen molar-refractivity contribution in [1.82, 2.24) is 24.5 Å². The Kier molecular flexibility index (Phi) is 6.88. The maximum atomic E-state index is 12.5. The van der Waals surface area contributed by atoms with Crippen molar-refractivity contribution < 1.29 is 9.53 Å². The van der Waals surface area contributed by atoms with Crippen LogP contribution in [0.3, 0.4) is 0 Å². The van der Waals surface area contributed by atoms with E-state index in [1.807, 2.05) is 32.0 Å². The molecule has 1 N–H and O–H groups in total. The molecule has 170 valence electrons. The lowest BCUT2D eigenvalue weighted by atomic mass is 10.1. The monoisotopic (exact) mass is 504 g/mol. The summed E-state index contributed by atoms with van der Waals surface area (Å²) in [5.74, 6) is 0.392. The molecular formula is C22H19Cl3N6O2. The molecule has 0 bridgehead atoms. The Balaban J connectivity index is 1.35. The van der Waals surface area contributed by atoms with Gasteiger partial charge in [-0.05, 0) is 60.9 Å². The predicted octanol–water partition coefficient (Wildman–Crippen LogP) is 5.39. The topological polar surface area (TPSA) is 86.9 Å². The molecule has 11 heteroatoms. The first-order valence-electron chi connectivity index (χ1n) is 9.86. The molecule has 0 spiro atoms. The minimum Gasteiger partial charge on any atom is -0.471 e. The molecule has 0 radical (unpaired) electrons. The number of carbonyl (C=O) groups excluding carboxylic acids is 1. The molecule has 0 aliphatic heterocycles. The zero-order chi connectivity index (χ0) is 23.5. The molecule has 0 aliphatic rings. The smallest absolute Gasteiger partial charge is 0.278 e. The second-order valence-corrected chi connectivity index (χ2v) is 8.56. The van der Waals surface area contributed by atoms with Crippen LogP contribution in [0.5, 0.6) is 5.75 Å². The number of ether oxygens (including phenoxy) is 1. The van der Waals surface area contributed by atoms with Gasteiger partial charge < -0.3 is 4.74 Å². The van der Waals surface area contributed by atoms with Crippen molar-refractivity contribution in [2.75, 3.05) is 5.32 Å². The molecule has 2 heterocycles. The highest BCUT2D eigenvalue weighted by molar-refractivity contribution is 6.35. The first-order chi connectivity index (χ1) is 15.8. The molecule has 0 saturated carbocycles. The quantitative estimate of drug-likeness (QED) is 0.364. The van der Waals surface area contributed by atoms with Crippen LogP contribution < -0.4 is 10.1 Å². The first kappa shape index (κ1) is 23.1. The van der Waals surface area contributed by atoms with Crippen molar-refractivity contribution in [3.05, 3.63) is 86.4 Å². The summed E-state index contributed by atoms with van der Waals surface area (Å²) < 4.78 is 8.84. The number of nitrogens with one attached hydrogen (secondary N) is 1. The van der Waals surface area contributed by atoms with E-state index in [0.29, 0.717) is 27.4 Å². The Labute approximate surface area is 205 Å². The van der Waals surface area contributed by atoms with Crippen molar-refractivity contribution in [1.29, 1.82) is 0 Å². The van der Waals surface area contributed by atoms with Gasteiger partial charge in [0, 0.05) is 21.3 Å². The maximum absolute atomic E-state index is 12.5. The van der Waals surface area contributed by atoms with Crippen LogP contribution in [0, 0.1) is 13.8 Å². The average Bonchev–Trinajstić information content (AvgIpc) is 3.42. The van der Waals surface area contributed by atoms with E-state index in [0.717, 1.165) is 16.7 Å². The standard InChI is InChI=1S/C22H19Cl3N6O2/c1-13-7-17(8-14(2)20(13)25)33-12-30-6-5-19(28-30)21(32)27-22-26-11-31(29-22)10-15-3-4-16(23)9-18(15)24/h3-9,11H,10,12H2,1-2H3,(H,27,29,32). The number of aryl methyl sites for hydroxylation is 2. The molecular weight excluding hydrogens is 487 g/mol. The minimum atomic E-state index is -0.436. The van der Waals surface area contributed by atoms with Gasteiger partial charge in [0.15, 0.2) is 12.4 Å². The van der Waals surface area contributed by atoms with E-state index in [1.165, 1.54) is 11.0 Å². The second kappa shape index (κ2) is 9.82. The summed E-state index contributed by atoms with van der Waals surface area (Å²) in [7, 11) is 0. The molecule has 0 aliphatic carbocycles. The Morgan fingerprint density at radius 3 is 2.52 bits per heavy atom. The van der Waals surface area contributed by atoms with E-state index in [4.69, 9.17) is 39.5 Å². The van der Waals surface area contributed by atoms with Gasteiger partial charge in [-0.1, -0.05) is 40.9 Å². The van der Waals surface area contributed by atoms with Crippen LogP contribution >= 0.6 is 34.8 Å². The zero-order valence-electron chi connectivity index (χ0n) is 17.7. The van der Waals surface area contributed by atoms with Crippen LogP contribution in [0.1, 0.15) is 27.2 Å². The third-order valence-corrected chi connectivity index (χ3v) is 5.94. The number of hydrogen-bond acceptors (Lipinski definition) is 5. The van der Waals surface area contributed by atoms with Crippen molar-refractivity contribution in [2.24, 2.45) is 0 Å². The number of rotatable bonds is 7. The molecule has 0 atom stereocenters. The van der Waals surface area contributed by atoms with E-state index < -0.39 is 5.91 Å². The third-order valence-electron chi connectivity index (χ3n) is 4.76. The first-order valence-corrected chi connectivity index (χ1v) is 11.0. The van der Waals surface area contributed by atoms with Crippen LogP contribution in [0.25, 0.3) is 0 Å². The number of aromatic nitrogens is 5. The highest BCUT2D eigenvalue weighted by Crippen LogP contribution is 2.26. The van der Waals surface area contributed by atoms with Gasteiger partial charge in [-0.3, -0.25) is 10.1 Å². The van der Waals surface area contributed by atoms with Gasteiger partial charge in [0.05, 0.1) is 6.54 Å². The third kappa shape index (κ3) is 5.65. The fourth-order valence-corrected chi connectivity index (χ4v) is 3.68. The number of anilines is 1. The van der Waals surface area contributed by atoms with Gasteiger partial charge in [-0.25, -0.2) is 14.3 Å². The molecule has 1 amide bonds. The van der Waals surface area contributed by atoms with Crippen molar-refractivity contribution in [3.8, 4) is 5.75 Å². The molecule has 4 aromatic rings. The van der Waals surface area contributed by atoms with Crippen LogP contribution in [-0.4, -0.2) is 30.5 Å². The molecule has 33 heavy (non-hydrogen) atoms. The highest BCUT2D eigenvalue weighted by atomic mass is 35.5. The van der Waals surface area contributed by atoms with Gasteiger partial charge in [0.2, 0.25) is 5.95 Å². The highest BCUT2D eigenvalue weighted by Gasteiger charge is 2.13. The SMILES string of the molecule is Cc1cc(OCn2ccc(C(=O)Nc3ncn(Cc4ccc(Cl)cc4Cl)n3)n2)cc(C)c1Cl. The fraction of sp³-hybridized carbons (Fsp3) is 0.182. The van der Waals surface area contributed by atoms with Crippen molar-refractivity contribution >= 4 is 46.7 Å². The molecule has 2 aromatic heterocycles. The maximum Gasteiger partial charge on any atom is 0.278 e. The van der Waals surface area contributed by atoms with E-state index in [9.17, 15) is 4.79 Å². The Bertz CT molecular complexity index is 1290. The molecule has 2 aromatic carbocycles. The Hall–Kier alpha value is -3.07. The normalized spacial score (nSPS) is 10.9. The number of nitrogens with zero attached hydrogens (tertiary/aromatic N) is 5. The summed E-state index contributed by atoms with van der Waals surface area (Å²) in [5, 5.41) is 12.9. The summed E-state index contributed by atoms with van der Waals surface area (Å²) in [5.41, 5.74) is 2.89. The van der Waals surface area contributed by atoms with Crippen LogP contribution in [0.2, 0.25) is 15.1 Å². The van der Waals surface area contributed by atoms with Gasteiger partial charge >= 0.3 is 0 Å². The lowest BCUT2D eigenvalue weighted by Crippen LogP contribution is -2.15. The number of benzene rings is 2. The Morgan fingerprint density at radius 1 is 1.03 bits per heavy atom. The number of halogens is 3. The Morgan fingerprint density at radius 2 is 1.79 bits per heavy atom. The summed E-state index contributed by atoms with van der Waals surface area (Å²) in [6.07, 6.45) is 3.15. The summed E-state index contributed by atoms with van der Waals surface area (Å²) >= 11 is 18.3. The van der Waals surface area contributed by atoms with E-state index >= 15 is 0 Å². The number of carbonyl (C=O) groups is 1. The summed E-state index contributed by atoms with van der Waals surface area (Å²) in [4.78, 5) is 16.6. The van der Waals surface area contributed by atoms with Gasteiger partial charge in [0.25, 0.3) is 5.91 Å². The molecule has 8 nitrogen and oxygen atoms in total.